The third-order valence-electron chi connectivity index (χ3n) is 2.63. The average Bonchev–Trinajstić information content (AvgIpc) is 2.82. The van der Waals surface area contributed by atoms with Gasteiger partial charge in [0.1, 0.15) is 0 Å². The summed E-state index contributed by atoms with van der Waals surface area (Å²) in [6, 6.07) is 0. The van der Waals surface area contributed by atoms with E-state index >= 15 is 0 Å². The molecule has 0 bridgehead atoms. The smallest absolute Gasteiger partial charge is 0.225 e. The molecule has 1 aliphatic carbocycles. The molecular weight excluding hydrogens is 166 g/mol. The fourth-order valence-electron chi connectivity index (χ4n) is 1.63. The maximum Gasteiger partial charge on any atom is 0.225 e. The van der Waals surface area contributed by atoms with E-state index in [1.165, 1.54) is 12.8 Å². The van der Waals surface area contributed by atoms with Gasteiger partial charge in [-0.25, -0.2) is 0 Å². The van der Waals surface area contributed by atoms with E-state index in [-0.39, 0.29) is 11.8 Å². The Morgan fingerprint density at radius 2 is 2.08 bits per heavy atom. The van der Waals surface area contributed by atoms with E-state index in [2.05, 4.69) is 0 Å². The van der Waals surface area contributed by atoms with Crippen LogP contribution < -0.4 is 0 Å². The summed E-state index contributed by atoms with van der Waals surface area (Å²) in [5, 5.41) is 9.11. The highest BCUT2D eigenvalue weighted by molar-refractivity contribution is 5.78. The fraction of sp³-hybridized carbons (Fsp3) is 0.900. The molecule has 2 atom stereocenters. The summed E-state index contributed by atoms with van der Waals surface area (Å²) in [5.74, 6) is 0.913. The van der Waals surface area contributed by atoms with Crippen molar-refractivity contribution in [3.8, 4) is 0 Å². The van der Waals surface area contributed by atoms with Gasteiger partial charge in [-0.15, -0.1) is 0 Å². The number of hydrogen-bond donors (Lipinski definition) is 1. The van der Waals surface area contributed by atoms with Gasteiger partial charge >= 0.3 is 0 Å². The predicted molar refractivity (Wildman–Crippen MR) is 51.2 cm³/mol. The van der Waals surface area contributed by atoms with Crippen molar-refractivity contribution < 1.29 is 9.90 Å². The Morgan fingerprint density at radius 1 is 1.54 bits per heavy atom. The van der Waals surface area contributed by atoms with Crippen LogP contribution in [0.2, 0.25) is 0 Å². The van der Waals surface area contributed by atoms with Crippen LogP contribution in [0.1, 0.15) is 26.7 Å². The summed E-state index contributed by atoms with van der Waals surface area (Å²) in [7, 11) is 1.76. The second-order valence-corrected chi connectivity index (χ2v) is 4.19. The zero-order valence-corrected chi connectivity index (χ0v) is 8.66. The lowest BCUT2D eigenvalue weighted by atomic mass is 10.1. The Labute approximate surface area is 79.7 Å². The van der Waals surface area contributed by atoms with Crippen LogP contribution in [0.25, 0.3) is 0 Å². The van der Waals surface area contributed by atoms with Gasteiger partial charge in [0.15, 0.2) is 0 Å². The zero-order chi connectivity index (χ0) is 10.0. The van der Waals surface area contributed by atoms with Crippen molar-refractivity contribution in [3.63, 3.8) is 0 Å². The maximum atomic E-state index is 11.7. The highest BCUT2D eigenvalue weighted by Crippen LogP contribution is 2.37. The number of likely N-dealkylation sites (N-methyl/N-ethyl adjacent to an activating group) is 1. The van der Waals surface area contributed by atoms with E-state index in [1.54, 1.807) is 18.9 Å². The minimum Gasteiger partial charge on any atom is -0.392 e. The molecule has 1 saturated carbocycles. The molecule has 1 amide bonds. The minimum atomic E-state index is -0.430. The summed E-state index contributed by atoms with van der Waals surface area (Å²) in [5.41, 5.74) is 0. The molecular formula is C10H19NO2. The van der Waals surface area contributed by atoms with Crippen molar-refractivity contribution in [1.29, 1.82) is 0 Å². The van der Waals surface area contributed by atoms with Gasteiger partial charge in [0.2, 0.25) is 5.91 Å². The Balaban J connectivity index is 2.36. The fourth-order valence-corrected chi connectivity index (χ4v) is 1.63. The predicted octanol–water partition coefficient (Wildman–Crippen LogP) is 0.872. The molecule has 0 saturated heterocycles. The summed E-state index contributed by atoms with van der Waals surface area (Å²) < 4.78 is 0. The number of rotatable bonds is 4. The Hall–Kier alpha value is -0.570. The number of aliphatic hydroxyl groups is 1. The second kappa shape index (κ2) is 4.09. The van der Waals surface area contributed by atoms with Gasteiger partial charge in [-0.3, -0.25) is 4.79 Å². The van der Waals surface area contributed by atoms with E-state index in [1.807, 2.05) is 6.92 Å². The third kappa shape index (κ3) is 2.99. The number of carbonyl (C=O) groups is 1. The van der Waals surface area contributed by atoms with E-state index in [0.717, 1.165) is 0 Å². The first-order valence-electron chi connectivity index (χ1n) is 4.95. The molecule has 0 aromatic heterocycles. The lowest BCUT2D eigenvalue weighted by Crippen LogP contribution is -2.37. The highest BCUT2D eigenvalue weighted by atomic mass is 16.3. The van der Waals surface area contributed by atoms with Crippen LogP contribution in [0.3, 0.4) is 0 Å². The van der Waals surface area contributed by atoms with Crippen molar-refractivity contribution in [1.82, 2.24) is 4.90 Å². The quantitative estimate of drug-likeness (QED) is 0.706. The van der Waals surface area contributed by atoms with Crippen LogP contribution in [0.15, 0.2) is 0 Å². The molecule has 3 nitrogen and oxygen atoms in total. The Bertz CT molecular complexity index is 187. The normalized spacial score (nSPS) is 20.9. The molecule has 2 unspecified atom stereocenters. The van der Waals surface area contributed by atoms with Crippen LogP contribution >= 0.6 is 0 Å². The summed E-state index contributed by atoms with van der Waals surface area (Å²) in [6.45, 7) is 4.13. The minimum absolute atomic E-state index is 0.142. The topological polar surface area (TPSA) is 40.5 Å². The van der Waals surface area contributed by atoms with E-state index < -0.39 is 6.10 Å². The number of nitrogens with zero attached hydrogens (tertiary/aromatic N) is 1. The molecule has 1 rings (SSSR count). The number of hydrogen-bond acceptors (Lipinski definition) is 2. The van der Waals surface area contributed by atoms with Gasteiger partial charge in [-0.1, -0.05) is 6.92 Å². The maximum absolute atomic E-state index is 11.7. The van der Waals surface area contributed by atoms with Crippen LogP contribution in [0.4, 0.5) is 0 Å². The van der Waals surface area contributed by atoms with Gasteiger partial charge in [0.05, 0.1) is 6.10 Å². The summed E-state index contributed by atoms with van der Waals surface area (Å²) in [6.07, 6.45) is 1.95. The number of carbonyl (C=O) groups excluding carboxylic acids is 1. The second-order valence-electron chi connectivity index (χ2n) is 4.19. The molecule has 3 heteroatoms. The van der Waals surface area contributed by atoms with Gasteiger partial charge in [0, 0.05) is 19.5 Å². The van der Waals surface area contributed by atoms with Crippen molar-refractivity contribution in [2.75, 3.05) is 13.6 Å². The average molecular weight is 185 g/mol. The molecule has 0 radical (unpaired) electrons. The SMILES string of the molecule is CC(O)CN(C)C(=O)C(C)C1CC1. The molecule has 1 fully saturated rings. The monoisotopic (exact) mass is 185 g/mol. The first-order valence-corrected chi connectivity index (χ1v) is 4.95. The summed E-state index contributed by atoms with van der Waals surface area (Å²) in [4.78, 5) is 13.3. The molecule has 1 aliphatic rings. The molecule has 0 aromatic rings. The molecule has 0 spiro atoms. The zero-order valence-electron chi connectivity index (χ0n) is 8.66. The highest BCUT2D eigenvalue weighted by Gasteiger charge is 2.34. The van der Waals surface area contributed by atoms with E-state index in [4.69, 9.17) is 5.11 Å². The molecule has 13 heavy (non-hydrogen) atoms. The van der Waals surface area contributed by atoms with Crippen LogP contribution in [0.5, 0.6) is 0 Å². The van der Waals surface area contributed by atoms with Crippen molar-refractivity contribution in [3.05, 3.63) is 0 Å². The lowest BCUT2D eigenvalue weighted by molar-refractivity contribution is -0.135. The van der Waals surface area contributed by atoms with Crippen molar-refractivity contribution in [2.24, 2.45) is 11.8 Å². The van der Waals surface area contributed by atoms with Crippen LogP contribution in [0, 0.1) is 11.8 Å². The van der Waals surface area contributed by atoms with Crippen molar-refractivity contribution in [2.45, 2.75) is 32.8 Å². The Morgan fingerprint density at radius 3 is 2.46 bits per heavy atom. The number of aliphatic hydroxyl groups excluding tert-OH is 1. The molecule has 0 aromatic carbocycles. The molecule has 76 valence electrons. The van der Waals surface area contributed by atoms with E-state index in [0.29, 0.717) is 12.5 Å². The Kier molecular flexibility index (Phi) is 3.31. The third-order valence-corrected chi connectivity index (χ3v) is 2.63. The lowest BCUT2D eigenvalue weighted by Gasteiger charge is -2.22. The largest absolute Gasteiger partial charge is 0.392 e. The van der Waals surface area contributed by atoms with Crippen molar-refractivity contribution >= 4 is 5.91 Å². The molecule has 0 aliphatic heterocycles. The van der Waals surface area contributed by atoms with Gasteiger partial charge < -0.3 is 10.0 Å². The van der Waals surface area contributed by atoms with E-state index in [9.17, 15) is 4.79 Å². The molecule has 0 heterocycles. The van der Waals surface area contributed by atoms with Gasteiger partial charge in [0.25, 0.3) is 0 Å². The standard InChI is InChI=1S/C10H19NO2/c1-7(12)6-11(3)10(13)8(2)9-4-5-9/h7-9,12H,4-6H2,1-3H3. The number of amides is 1. The van der Waals surface area contributed by atoms with Crippen LogP contribution in [-0.2, 0) is 4.79 Å². The van der Waals surface area contributed by atoms with Gasteiger partial charge in [-0.2, -0.15) is 0 Å². The van der Waals surface area contributed by atoms with Gasteiger partial charge in [-0.05, 0) is 25.7 Å². The molecule has 1 N–H and O–H groups in total. The van der Waals surface area contributed by atoms with Crippen LogP contribution in [-0.4, -0.2) is 35.6 Å². The first kappa shape index (κ1) is 10.5. The summed E-state index contributed by atoms with van der Waals surface area (Å²) >= 11 is 0. The first-order chi connectivity index (χ1) is 6.02.